The normalized spacial score (nSPS) is 12.1. The number of hydrogen-bond acceptors (Lipinski definition) is 4. The summed E-state index contributed by atoms with van der Waals surface area (Å²) in [5.41, 5.74) is 4.90. The first-order chi connectivity index (χ1) is 10.3. The van der Waals surface area contributed by atoms with E-state index in [0.717, 1.165) is 20.9 Å². The van der Waals surface area contributed by atoms with Crippen LogP contribution in [0.5, 0.6) is 0 Å². The van der Waals surface area contributed by atoms with E-state index in [-0.39, 0.29) is 0 Å². The Morgan fingerprint density at radius 2 is 1.86 bits per heavy atom. The Balaban J connectivity index is 1.67. The van der Waals surface area contributed by atoms with Crippen LogP contribution in [0.1, 0.15) is 5.56 Å². The zero-order valence-electron chi connectivity index (χ0n) is 11.0. The van der Waals surface area contributed by atoms with E-state index in [2.05, 4.69) is 15.5 Å². The minimum atomic E-state index is 0.551. The number of hydrazone groups is 1. The third kappa shape index (κ3) is 3.68. The third-order valence-electron chi connectivity index (χ3n) is 2.75. The standard InChI is InChI=1S/C16H12ClN3S/c17-13(10-12-6-2-1-3-7-12)11-18-20-16-19-14-8-4-5-9-15(14)21-16/h1-11H,(H,19,20)/b13-10-,18-11+. The van der Waals surface area contributed by atoms with E-state index >= 15 is 0 Å². The smallest absolute Gasteiger partial charge is 0.204 e. The largest absolute Gasteiger partial charge is 0.253 e. The van der Waals surface area contributed by atoms with E-state index in [1.54, 1.807) is 17.6 Å². The highest BCUT2D eigenvalue weighted by atomic mass is 35.5. The third-order valence-corrected chi connectivity index (χ3v) is 3.89. The van der Waals surface area contributed by atoms with Crippen molar-refractivity contribution in [2.45, 2.75) is 0 Å². The number of anilines is 1. The zero-order valence-corrected chi connectivity index (χ0v) is 12.6. The van der Waals surface area contributed by atoms with Gasteiger partial charge in [0.25, 0.3) is 0 Å². The van der Waals surface area contributed by atoms with E-state index < -0.39 is 0 Å². The van der Waals surface area contributed by atoms with Crippen molar-refractivity contribution in [3.05, 3.63) is 65.2 Å². The molecule has 21 heavy (non-hydrogen) atoms. The maximum Gasteiger partial charge on any atom is 0.204 e. The highest BCUT2D eigenvalue weighted by Gasteiger charge is 2.00. The van der Waals surface area contributed by atoms with Crippen LogP contribution in [0.3, 0.4) is 0 Å². The number of rotatable bonds is 4. The molecule has 3 nitrogen and oxygen atoms in total. The van der Waals surface area contributed by atoms with E-state index in [9.17, 15) is 0 Å². The Hall–Kier alpha value is -2.17. The van der Waals surface area contributed by atoms with Gasteiger partial charge in [0, 0.05) is 0 Å². The van der Waals surface area contributed by atoms with E-state index in [0.29, 0.717) is 5.03 Å². The summed E-state index contributed by atoms with van der Waals surface area (Å²) in [5, 5.41) is 5.40. The van der Waals surface area contributed by atoms with Gasteiger partial charge in [-0.25, -0.2) is 4.98 Å². The van der Waals surface area contributed by atoms with Crippen LogP contribution in [0.25, 0.3) is 16.3 Å². The van der Waals surface area contributed by atoms with Gasteiger partial charge >= 0.3 is 0 Å². The van der Waals surface area contributed by atoms with Gasteiger partial charge in [-0.15, -0.1) is 0 Å². The number of benzene rings is 2. The molecular formula is C16H12ClN3S. The van der Waals surface area contributed by atoms with Gasteiger partial charge in [0.15, 0.2) is 0 Å². The number of nitrogens with one attached hydrogen (secondary N) is 1. The molecule has 0 atom stereocenters. The second kappa shape index (κ2) is 6.52. The van der Waals surface area contributed by atoms with Crippen molar-refractivity contribution in [1.82, 2.24) is 4.98 Å². The first kappa shape index (κ1) is 13.8. The molecule has 0 saturated heterocycles. The molecule has 0 radical (unpaired) electrons. The molecule has 0 bridgehead atoms. The monoisotopic (exact) mass is 313 g/mol. The fourth-order valence-corrected chi connectivity index (χ4v) is 2.81. The second-order valence-electron chi connectivity index (χ2n) is 4.30. The molecule has 0 amide bonds. The van der Waals surface area contributed by atoms with Gasteiger partial charge in [0.2, 0.25) is 5.13 Å². The first-order valence-corrected chi connectivity index (χ1v) is 7.57. The Morgan fingerprint density at radius 3 is 2.67 bits per heavy atom. The van der Waals surface area contributed by atoms with E-state index in [4.69, 9.17) is 11.6 Å². The Labute approximate surface area is 131 Å². The maximum absolute atomic E-state index is 6.12. The molecule has 3 aromatic rings. The van der Waals surface area contributed by atoms with Gasteiger partial charge in [-0.05, 0) is 23.8 Å². The average molecular weight is 314 g/mol. The molecule has 0 fully saturated rings. The molecule has 0 aliphatic rings. The van der Waals surface area contributed by atoms with Crippen LogP contribution < -0.4 is 5.43 Å². The summed E-state index contributed by atoms with van der Waals surface area (Å²) in [5.74, 6) is 0. The molecule has 5 heteroatoms. The van der Waals surface area contributed by atoms with Gasteiger partial charge in [-0.1, -0.05) is 65.4 Å². The predicted molar refractivity (Wildman–Crippen MR) is 92.0 cm³/mol. The van der Waals surface area contributed by atoms with Crippen molar-refractivity contribution in [1.29, 1.82) is 0 Å². The van der Waals surface area contributed by atoms with E-state index in [1.165, 1.54) is 0 Å². The number of halogens is 1. The van der Waals surface area contributed by atoms with Crippen LogP contribution in [0.15, 0.2) is 64.7 Å². The van der Waals surface area contributed by atoms with Crippen LogP contribution in [-0.4, -0.2) is 11.2 Å². The predicted octanol–water partition coefficient (Wildman–Crippen LogP) is 4.97. The fraction of sp³-hybridized carbons (Fsp3) is 0. The minimum absolute atomic E-state index is 0.551. The maximum atomic E-state index is 6.12. The molecule has 104 valence electrons. The van der Waals surface area contributed by atoms with Crippen molar-refractivity contribution < 1.29 is 0 Å². The number of thiazole rings is 1. The van der Waals surface area contributed by atoms with Crippen molar-refractivity contribution >= 4 is 50.6 Å². The lowest BCUT2D eigenvalue weighted by Gasteiger charge is -1.94. The number of nitrogens with zero attached hydrogens (tertiary/aromatic N) is 2. The summed E-state index contributed by atoms with van der Waals surface area (Å²) in [4.78, 5) is 4.42. The Morgan fingerprint density at radius 1 is 1.10 bits per heavy atom. The number of para-hydroxylation sites is 1. The lowest BCUT2D eigenvalue weighted by molar-refractivity contribution is 1.31. The summed E-state index contributed by atoms with van der Waals surface area (Å²) in [6, 6.07) is 17.8. The van der Waals surface area contributed by atoms with Crippen LogP contribution in [0.2, 0.25) is 0 Å². The van der Waals surface area contributed by atoms with Crippen LogP contribution in [0.4, 0.5) is 5.13 Å². The average Bonchev–Trinajstić information content (AvgIpc) is 2.91. The summed E-state index contributed by atoms with van der Waals surface area (Å²) < 4.78 is 1.13. The molecule has 0 aliphatic carbocycles. The van der Waals surface area contributed by atoms with Crippen molar-refractivity contribution in [2.24, 2.45) is 5.10 Å². The quantitative estimate of drug-likeness (QED) is 0.545. The summed E-state index contributed by atoms with van der Waals surface area (Å²) in [6.45, 7) is 0. The molecule has 2 aromatic carbocycles. The Bertz CT molecular complexity index is 760. The topological polar surface area (TPSA) is 37.3 Å². The van der Waals surface area contributed by atoms with Crippen LogP contribution >= 0.6 is 22.9 Å². The number of aromatic nitrogens is 1. The fourth-order valence-electron chi connectivity index (χ4n) is 1.81. The van der Waals surface area contributed by atoms with Crippen molar-refractivity contribution in [3.8, 4) is 0 Å². The molecule has 1 heterocycles. The highest BCUT2D eigenvalue weighted by Crippen LogP contribution is 2.25. The molecule has 0 spiro atoms. The minimum Gasteiger partial charge on any atom is -0.253 e. The Kier molecular flexibility index (Phi) is 4.28. The lowest BCUT2D eigenvalue weighted by atomic mass is 10.2. The van der Waals surface area contributed by atoms with Crippen LogP contribution in [0, 0.1) is 0 Å². The van der Waals surface area contributed by atoms with Gasteiger partial charge < -0.3 is 0 Å². The SMILES string of the molecule is ClC(=C\c1ccccc1)/C=N/Nc1nc2ccccc2s1. The van der Waals surface area contributed by atoms with Crippen molar-refractivity contribution in [3.63, 3.8) is 0 Å². The molecule has 1 aromatic heterocycles. The van der Waals surface area contributed by atoms with Crippen molar-refractivity contribution in [2.75, 3.05) is 5.43 Å². The molecule has 0 unspecified atom stereocenters. The highest BCUT2D eigenvalue weighted by molar-refractivity contribution is 7.22. The van der Waals surface area contributed by atoms with Gasteiger partial charge in [-0.3, -0.25) is 5.43 Å². The molecular weight excluding hydrogens is 302 g/mol. The van der Waals surface area contributed by atoms with Gasteiger partial charge in [-0.2, -0.15) is 5.10 Å². The van der Waals surface area contributed by atoms with E-state index in [1.807, 2.05) is 60.7 Å². The molecule has 0 aliphatic heterocycles. The number of fused-ring (bicyclic) bond motifs is 1. The number of hydrogen-bond donors (Lipinski definition) is 1. The summed E-state index contributed by atoms with van der Waals surface area (Å²) >= 11 is 7.67. The summed E-state index contributed by atoms with van der Waals surface area (Å²) in [7, 11) is 0. The molecule has 3 rings (SSSR count). The van der Waals surface area contributed by atoms with Crippen LogP contribution in [-0.2, 0) is 0 Å². The van der Waals surface area contributed by atoms with Gasteiger partial charge in [0.1, 0.15) is 0 Å². The summed E-state index contributed by atoms with van der Waals surface area (Å²) in [6.07, 6.45) is 3.42. The molecule has 0 saturated carbocycles. The van der Waals surface area contributed by atoms with Gasteiger partial charge in [0.05, 0.1) is 21.5 Å². The zero-order chi connectivity index (χ0) is 14.5. The molecule has 1 N–H and O–H groups in total. The lowest BCUT2D eigenvalue weighted by Crippen LogP contribution is -1.88. The number of allylic oxidation sites excluding steroid dienone is 1. The second-order valence-corrected chi connectivity index (χ2v) is 5.76. The first-order valence-electron chi connectivity index (χ1n) is 6.38.